The van der Waals surface area contributed by atoms with Crippen LogP contribution >= 0.6 is 0 Å². The van der Waals surface area contributed by atoms with Gasteiger partial charge in [-0.15, -0.1) is 0 Å². The number of nitrogens with zero attached hydrogens (tertiary/aromatic N) is 3. The minimum Gasteiger partial charge on any atom is -0.268 e. The molecule has 1 fully saturated rings. The van der Waals surface area contributed by atoms with Crippen molar-refractivity contribution in [3.8, 4) is 0 Å². The van der Waals surface area contributed by atoms with Gasteiger partial charge in [0.1, 0.15) is 0 Å². The average Bonchev–Trinajstić information content (AvgIpc) is 3.18. The van der Waals surface area contributed by atoms with Crippen molar-refractivity contribution in [3.05, 3.63) is 54.1 Å². The Balaban J connectivity index is 1.51. The SMILES string of the molecule is C=C(C)c1cnn(Cc2ccc(CCCC3(CC)CC3)nc2)c1. The molecule has 2 aromatic rings. The minimum absolute atomic E-state index is 0.695. The molecular formula is C20H27N3. The Morgan fingerprint density at radius 2 is 2.13 bits per heavy atom. The molecule has 0 bridgehead atoms. The smallest absolute Gasteiger partial charge is 0.0674 e. The van der Waals surface area contributed by atoms with Gasteiger partial charge >= 0.3 is 0 Å². The third-order valence-corrected chi connectivity index (χ3v) is 5.20. The fourth-order valence-corrected chi connectivity index (χ4v) is 3.16. The molecule has 0 radical (unpaired) electrons. The first kappa shape index (κ1) is 16.0. The fourth-order valence-electron chi connectivity index (χ4n) is 3.16. The molecule has 0 aliphatic heterocycles. The molecule has 0 N–H and O–H groups in total. The van der Waals surface area contributed by atoms with Gasteiger partial charge in [0.15, 0.2) is 0 Å². The molecule has 3 heteroatoms. The molecule has 3 rings (SSSR count). The quantitative estimate of drug-likeness (QED) is 0.696. The second-order valence-corrected chi connectivity index (χ2v) is 7.07. The Morgan fingerprint density at radius 1 is 1.30 bits per heavy atom. The predicted molar refractivity (Wildman–Crippen MR) is 95.2 cm³/mol. The summed E-state index contributed by atoms with van der Waals surface area (Å²) >= 11 is 0. The van der Waals surface area contributed by atoms with Gasteiger partial charge in [0.05, 0.1) is 12.7 Å². The molecule has 0 amide bonds. The maximum atomic E-state index is 4.62. The molecule has 1 saturated carbocycles. The van der Waals surface area contributed by atoms with Gasteiger partial charge in [-0.2, -0.15) is 5.10 Å². The number of pyridine rings is 1. The van der Waals surface area contributed by atoms with E-state index in [4.69, 9.17) is 0 Å². The summed E-state index contributed by atoms with van der Waals surface area (Å²) in [6, 6.07) is 4.35. The second-order valence-electron chi connectivity index (χ2n) is 7.07. The molecule has 0 atom stereocenters. The van der Waals surface area contributed by atoms with Gasteiger partial charge in [-0.3, -0.25) is 9.67 Å². The van der Waals surface area contributed by atoms with Crippen molar-refractivity contribution in [2.24, 2.45) is 5.41 Å². The van der Waals surface area contributed by atoms with Crippen LogP contribution in [0.5, 0.6) is 0 Å². The van der Waals surface area contributed by atoms with Crippen molar-refractivity contribution < 1.29 is 0 Å². The number of hydrogen-bond donors (Lipinski definition) is 0. The minimum atomic E-state index is 0.695. The number of hydrogen-bond acceptors (Lipinski definition) is 2. The van der Waals surface area contributed by atoms with E-state index < -0.39 is 0 Å². The third kappa shape index (κ3) is 4.10. The van der Waals surface area contributed by atoms with E-state index in [0.29, 0.717) is 5.41 Å². The van der Waals surface area contributed by atoms with Crippen LogP contribution < -0.4 is 0 Å². The van der Waals surface area contributed by atoms with Crippen LogP contribution in [0.25, 0.3) is 5.57 Å². The van der Waals surface area contributed by atoms with Crippen LogP contribution in [0.3, 0.4) is 0 Å². The van der Waals surface area contributed by atoms with Crippen LogP contribution in [0.15, 0.2) is 37.3 Å². The maximum absolute atomic E-state index is 4.62. The highest BCUT2D eigenvalue weighted by Gasteiger charge is 2.39. The van der Waals surface area contributed by atoms with E-state index in [1.807, 2.05) is 30.2 Å². The van der Waals surface area contributed by atoms with E-state index in [1.54, 1.807) is 0 Å². The first-order valence-electron chi connectivity index (χ1n) is 8.72. The Hall–Kier alpha value is -1.90. The molecule has 0 aromatic carbocycles. The zero-order chi connectivity index (χ0) is 16.3. The molecule has 3 nitrogen and oxygen atoms in total. The van der Waals surface area contributed by atoms with Gasteiger partial charge in [-0.1, -0.05) is 26.0 Å². The Kier molecular flexibility index (Phi) is 4.65. The fraction of sp³-hybridized carbons (Fsp3) is 0.500. The summed E-state index contributed by atoms with van der Waals surface area (Å²) in [4.78, 5) is 4.62. The standard InChI is InChI=1S/C20H27N3/c1-4-20(10-11-20)9-5-6-19-8-7-17(12-21-19)14-23-15-18(13-22-23)16(2)3/h7-8,12-13,15H,2,4-6,9-11,14H2,1,3H3. The van der Waals surface area contributed by atoms with Crippen molar-refractivity contribution in [2.75, 3.05) is 0 Å². The average molecular weight is 309 g/mol. The van der Waals surface area contributed by atoms with Crippen molar-refractivity contribution in [2.45, 2.75) is 58.9 Å². The van der Waals surface area contributed by atoms with E-state index >= 15 is 0 Å². The molecule has 2 heterocycles. The molecule has 2 aromatic heterocycles. The lowest BCUT2D eigenvalue weighted by Gasteiger charge is -2.11. The predicted octanol–water partition coefficient (Wildman–Crippen LogP) is 4.87. The summed E-state index contributed by atoms with van der Waals surface area (Å²) in [5.41, 5.74) is 5.24. The molecular weight excluding hydrogens is 282 g/mol. The largest absolute Gasteiger partial charge is 0.268 e. The number of allylic oxidation sites excluding steroid dienone is 1. The highest BCUT2D eigenvalue weighted by atomic mass is 15.3. The lowest BCUT2D eigenvalue weighted by molar-refractivity contribution is 0.433. The van der Waals surface area contributed by atoms with Crippen molar-refractivity contribution >= 4 is 5.57 Å². The van der Waals surface area contributed by atoms with Gasteiger partial charge < -0.3 is 0 Å². The van der Waals surface area contributed by atoms with Gasteiger partial charge in [0.25, 0.3) is 0 Å². The van der Waals surface area contributed by atoms with Crippen LogP contribution in [0.2, 0.25) is 0 Å². The molecule has 1 aliphatic carbocycles. The summed E-state index contributed by atoms with van der Waals surface area (Å²) < 4.78 is 1.94. The molecule has 0 spiro atoms. The summed E-state index contributed by atoms with van der Waals surface area (Å²) in [6.07, 6.45) is 13.8. The van der Waals surface area contributed by atoms with Crippen molar-refractivity contribution in [3.63, 3.8) is 0 Å². The van der Waals surface area contributed by atoms with Crippen LogP contribution in [0.1, 0.15) is 62.8 Å². The molecule has 1 aliphatic rings. The molecule has 122 valence electrons. The van der Waals surface area contributed by atoms with Gasteiger partial charge in [0, 0.05) is 23.7 Å². The van der Waals surface area contributed by atoms with E-state index in [1.165, 1.54) is 43.4 Å². The first-order chi connectivity index (χ1) is 11.1. The second kappa shape index (κ2) is 6.69. The number of aryl methyl sites for hydroxylation is 1. The zero-order valence-electron chi connectivity index (χ0n) is 14.4. The highest BCUT2D eigenvalue weighted by Crippen LogP contribution is 2.52. The van der Waals surface area contributed by atoms with Crippen molar-refractivity contribution in [1.82, 2.24) is 14.8 Å². The Morgan fingerprint density at radius 3 is 2.70 bits per heavy atom. The van der Waals surface area contributed by atoms with Gasteiger partial charge in [-0.25, -0.2) is 0 Å². The van der Waals surface area contributed by atoms with E-state index in [-0.39, 0.29) is 0 Å². The summed E-state index contributed by atoms with van der Waals surface area (Å²) in [6.45, 7) is 9.04. The van der Waals surface area contributed by atoms with Gasteiger partial charge in [0.2, 0.25) is 0 Å². The van der Waals surface area contributed by atoms with Gasteiger partial charge in [-0.05, 0) is 61.6 Å². The summed E-state index contributed by atoms with van der Waals surface area (Å²) in [7, 11) is 0. The molecule has 0 unspecified atom stereocenters. The molecule has 23 heavy (non-hydrogen) atoms. The lowest BCUT2D eigenvalue weighted by atomic mass is 9.95. The normalized spacial score (nSPS) is 15.6. The van der Waals surface area contributed by atoms with Crippen molar-refractivity contribution in [1.29, 1.82) is 0 Å². The monoisotopic (exact) mass is 309 g/mol. The first-order valence-corrected chi connectivity index (χ1v) is 8.72. The third-order valence-electron chi connectivity index (χ3n) is 5.20. The van der Waals surface area contributed by atoms with Crippen LogP contribution in [-0.4, -0.2) is 14.8 Å². The Labute approximate surface area is 139 Å². The van der Waals surface area contributed by atoms with E-state index in [2.05, 4.69) is 35.7 Å². The molecule has 0 saturated heterocycles. The Bertz CT molecular complexity index is 662. The number of aromatic nitrogens is 3. The summed E-state index contributed by atoms with van der Waals surface area (Å²) in [5, 5.41) is 4.38. The van der Waals surface area contributed by atoms with Crippen LogP contribution in [0.4, 0.5) is 0 Å². The maximum Gasteiger partial charge on any atom is 0.0674 e. The number of rotatable bonds is 8. The topological polar surface area (TPSA) is 30.7 Å². The van der Waals surface area contributed by atoms with E-state index in [0.717, 1.165) is 24.1 Å². The summed E-state index contributed by atoms with van der Waals surface area (Å²) in [5.74, 6) is 0. The zero-order valence-corrected chi connectivity index (χ0v) is 14.4. The highest BCUT2D eigenvalue weighted by molar-refractivity contribution is 5.59. The van der Waals surface area contributed by atoms with E-state index in [9.17, 15) is 0 Å². The van der Waals surface area contributed by atoms with Crippen LogP contribution in [-0.2, 0) is 13.0 Å². The lowest BCUT2D eigenvalue weighted by Crippen LogP contribution is -2.02. The van der Waals surface area contributed by atoms with Crippen LogP contribution in [0, 0.1) is 5.41 Å².